The van der Waals surface area contributed by atoms with E-state index in [0.717, 1.165) is 18.0 Å². The van der Waals surface area contributed by atoms with Crippen LogP contribution in [0.15, 0.2) is 18.2 Å². The van der Waals surface area contributed by atoms with E-state index in [-0.39, 0.29) is 11.9 Å². The Morgan fingerprint density at radius 2 is 2.00 bits per heavy atom. The molecule has 3 heteroatoms. The Hall–Kier alpha value is -0.930. The lowest BCUT2D eigenvalue weighted by atomic mass is 9.77. The normalized spacial score (nSPS) is 28.1. The van der Waals surface area contributed by atoms with Gasteiger partial charge in [0.15, 0.2) is 0 Å². The number of fused-ring (bicyclic) bond motifs is 1. The lowest BCUT2D eigenvalue weighted by molar-refractivity contribution is 0.0274. The number of likely N-dealkylation sites (tertiary alicyclic amines) is 1. The van der Waals surface area contributed by atoms with Crippen LogP contribution in [0.3, 0.4) is 0 Å². The van der Waals surface area contributed by atoms with Gasteiger partial charge < -0.3 is 5.73 Å². The molecule has 1 saturated heterocycles. The minimum absolute atomic E-state index is 0.152. The van der Waals surface area contributed by atoms with Crippen molar-refractivity contribution in [1.82, 2.24) is 4.90 Å². The SMILES string of the molecule is Cc1cc(F)ccc1C(CN)N1CCC[C@H]2CCCC[C@H]21. The van der Waals surface area contributed by atoms with Crippen LogP contribution >= 0.6 is 0 Å². The second-order valence-electron chi connectivity index (χ2n) is 6.74. The molecule has 0 amide bonds. The molecule has 1 unspecified atom stereocenters. The topological polar surface area (TPSA) is 29.3 Å². The van der Waals surface area contributed by atoms with Crippen molar-refractivity contribution >= 4 is 0 Å². The molecular weight excluding hydrogens is 263 g/mol. The highest BCUT2D eigenvalue weighted by Gasteiger charge is 2.36. The molecule has 2 fully saturated rings. The van der Waals surface area contributed by atoms with Crippen LogP contribution in [0.25, 0.3) is 0 Å². The first-order valence-corrected chi connectivity index (χ1v) is 8.42. The summed E-state index contributed by atoms with van der Waals surface area (Å²) in [6.07, 6.45) is 8.07. The summed E-state index contributed by atoms with van der Waals surface area (Å²) < 4.78 is 13.4. The molecule has 0 aromatic heterocycles. The van der Waals surface area contributed by atoms with Gasteiger partial charge in [0, 0.05) is 18.6 Å². The van der Waals surface area contributed by atoms with Crippen LogP contribution in [0.4, 0.5) is 4.39 Å². The Balaban J connectivity index is 1.87. The Morgan fingerprint density at radius 3 is 2.76 bits per heavy atom. The smallest absolute Gasteiger partial charge is 0.123 e. The van der Waals surface area contributed by atoms with Gasteiger partial charge in [0.2, 0.25) is 0 Å². The summed E-state index contributed by atoms with van der Waals surface area (Å²) in [6, 6.07) is 6.09. The van der Waals surface area contributed by atoms with Crippen molar-refractivity contribution in [3.05, 3.63) is 35.1 Å². The summed E-state index contributed by atoms with van der Waals surface area (Å²) in [6.45, 7) is 3.76. The van der Waals surface area contributed by atoms with Gasteiger partial charge in [-0.1, -0.05) is 18.9 Å². The highest BCUT2D eigenvalue weighted by atomic mass is 19.1. The van der Waals surface area contributed by atoms with Gasteiger partial charge in [-0.25, -0.2) is 4.39 Å². The van der Waals surface area contributed by atoms with Gasteiger partial charge in [0.1, 0.15) is 5.82 Å². The minimum atomic E-state index is -0.152. The molecule has 21 heavy (non-hydrogen) atoms. The summed E-state index contributed by atoms with van der Waals surface area (Å²) in [5.41, 5.74) is 8.37. The van der Waals surface area contributed by atoms with E-state index < -0.39 is 0 Å². The highest BCUT2D eigenvalue weighted by molar-refractivity contribution is 5.30. The summed E-state index contributed by atoms with van der Waals surface area (Å²) in [4.78, 5) is 2.63. The van der Waals surface area contributed by atoms with Crippen molar-refractivity contribution in [2.24, 2.45) is 11.7 Å². The molecule has 0 radical (unpaired) electrons. The molecule has 1 saturated carbocycles. The lowest BCUT2D eigenvalue weighted by Gasteiger charge is -2.48. The average molecular weight is 290 g/mol. The van der Waals surface area contributed by atoms with E-state index in [1.54, 1.807) is 12.1 Å². The first-order chi connectivity index (χ1) is 10.2. The Morgan fingerprint density at radius 1 is 1.24 bits per heavy atom. The van der Waals surface area contributed by atoms with Crippen LogP contribution in [0.2, 0.25) is 0 Å². The van der Waals surface area contributed by atoms with Crippen LogP contribution in [0.5, 0.6) is 0 Å². The summed E-state index contributed by atoms with van der Waals surface area (Å²) in [5, 5.41) is 0. The van der Waals surface area contributed by atoms with Gasteiger partial charge in [-0.3, -0.25) is 4.90 Å². The number of rotatable bonds is 3. The fourth-order valence-corrected chi connectivity index (χ4v) is 4.50. The van der Waals surface area contributed by atoms with Crippen LogP contribution in [-0.4, -0.2) is 24.0 Å². The molecule has 1 aliphatic heterocycles. The molecule has 3 atom stereocenters. The van der Waals surface area contributed by atoms with E-state index in [9.17, 15) is 4.39 Å². The van der Waals surface area contributed by atoms with E-state index in [4.69, 9.17) is 5.73 Å². The molecule has 1 heterocycles. The summed E-state index contributed by atoms with van der Waals surface area (Å²) in [7, 11) is 0. The van der Waals surface area contributed by atoms with Crippen LogP contribution in [0.1, 0.15) is 55.7 Å². The molecular formula is C18H27FN2. The van der Waals surface area contributed by atoms with Crippen molar-refractivity contribution < 1.29 is 4.39 Å². The lowest BCUT2D eigenvalue weighted by Crippen LogP contribution is -2.50. The summed E-state index contributed by atoms with van der Waals surface area (Å²) >= 11 is 0. The maximum Gasteiger partial charge on any atom is 0.123 e. The van der Waals surface area contributed by atoms with Gasteiger partial charge >= 0.3 is 0 Å². The number of nitrogens with zero attached hydrogens (tertiary/aromatic N) is 1. The van der Waals surface area contributed by atoms with E-state index in [2.05, 4.69) is 4.90 Å². The van der Waals surface area contributed by atoms with E-state index in [1.807, 2.05) is 13.0 Å². The third-order valence-corrected chi connectivity index (χ3v) is 5.50. The molecule has 2 aliphatic rings. The maximum absolute atomic E-state index is 13.4. The molecule has 116 valence electrons. The average Bonchev–Trinajstić information content (AvgIpc) is 2.50. The molecule has 0 bridgehead atoms. The van der Waals surface area contributed by atoms with E-state index in [0.29, 0.717) is 12.6 Å². The highest BCUT2D eigenvalue weighted by Crippen LogP contribution is 2.39. The predicted molar refractivity (Wildman–Crippen MR) is 84.6 cm³/mol. The monoisotopic (exact) mass is 290 g/mol. The fourth-order valence-electron chi connectivity index (χ4n) is 4.50. The number of benzene rings is 1. The third kappa shape index (κ3) is 3.00. The molecule has 3 rings (SSSR count). The van der Waals surface area contributed by atoms with Crippen molar-refractivity contribution in [2.45, 2.75) is 57.5 Å². The number of piperidine rings is 1. The van der Waals surface area contributed by atoms with E-state index in [1.165, 1.54) is 44.1 Å². The molecule has 1 aliphatic carbocycles. The Bertz CT molecular complexity index is 486. The zero-order chi connectivity index (χ0) is 14.8. The van der Waals surface area contributed by atoms with Crippen molar-refractivity contribution in [3.63, 3.8) is 0 Å². The number of hydrogen-bond donors (Lipinski definition) is 1. The van der Waals surface area contributed by atoms with Crippen LogP contribution in [-0.2, 0) is 0 Å². The predicted octanol–water partition coefficient (Wildman–Crippen LogP) is 3.79. The van der Waals surface area contributed by atoms with Crippen molar-refractivity contribution in [3.8, 4) is 0 Å². The molecule has 0 spiro atoms. The van der Waals surface area contributed by atoms with Crippen molar-refractivity contribution in [1.29, 1.82) is 0 Å². The van der Waals surface area contributed by atoms with Gasteiger partial charge in [-0.2, -0.15) is 0 Å². The van der Waals surface area contributed by atoms with Gasteiger partial charge in [-0.15, -0.1) is 0 Å². The minimum Gasteiger partial charge on any atom is -0.329 e. The quantitative estimate of drug-likeness (QED) is 0.917. The second kappa shape index (κ2) is 6.45. The molecule has 2 nitrogen and oxygen atoms in total. The largest absolute Gasteiger partial charge is 0.329 e. The van der Waals surface area contributed by atoms with Crippen molar-refractivity contribution in [2.75, 3.05) is 13.1 Å². The van der Waals surface area contributed by atoms with Gasteiger partial charge in [-0.05, 0) is 68.3 Å². The zero-order valence-electron chi connectivity index (χ0n) is 13.0. The zero-order valence-corrected chi connectivity index (χ0v) is 13.0. The van der Waals surface area contributed by atoms with Crippen LogP contribution < -0.4 is 5.73 Å². The molecule has 1 aromatic rings. The molecule has 1 aromatic carbocycles. The summed E-state index contributed by atoms with van der Waals surface area (Å²) in [5.74, 6) is 0.698. The first-order valence-electron chi connectivity index (χ1n) is 8.42. The fraction of sp³-hybridized carbons (Fsp3) is 0.667. The number of nitrogens with two attached hydrogens (primary N) is 1. The number of halogens is 1. The number of aryl methyl sites for hydroxylation is 1. The van der Waals surface area contributed by atoms with Gasteiger partial charge in [0.05, 0.1) is 0 Å². The standard InChI is InChI=1S/C18H27FN2/c1-13-11-15(19)8-9-16(13)18(12-20)21-10-4-6-14-5-2-3-7-17(14)21/h8-9,11,14,17-18H,2-7,10,12,20H2,1H3/t14-,17-,18?/m1/s1. The maximum atomic E-state index is 13.4. The second-order valence-corrected chi connectivity index (χ2v) is 6.74. The van der Waals surface area contributed by atoms with Gasteiger partial charge in [0.25, 0.3) is 0 Å². The number of hydrogen-bond acceptors (Lipinski definition) is 2. The molecule has 2 N–H and O–H groups in total. The van der Waals surface area contributed by atoms with E-state index >= 15 is 0 Å². The first kappa shape index (κ1) is 15.0. The Kier molecular flexibility index (Phi) is 4.60. The third-order valence-electron chi connectivity index (χ3n) is 5.50. The van der Waals surface area contributed by atoms with Crippen LogP contribution in [0, 0.1) is 18.7 Å². The Labute approximate surface area is 127 Å².